The number of halogens is 3. The fourth-order valence-corrected chi connectivity index (χ4v) is 1.56. The Hall–Kier alpha value is -2.37. The minimum absolute atomic E-state index is 0.0377. The van der Waals surface area contributed by atoms with Crippen molar-refractivity contribution in [2.75, 3.05) is 0 Å². The zero-order chi connectivity index (χ0) is 14.6. The van der Waals surface area contributed by atoms with Gasteiger partial charge in [-0.25, -0.2) is 4.98 Å². The fourth-order valence-electron chi connectivity index (χ4n) is 1.56. The lowest BCUT2D eigenvalue weighted by atomic mass is 10.1. The lowest BCUT2D eigenvalue weighted by Gasteiger charge is -2.10. The molecule has 0 aliphatic carbocycles. The van der Waals surface area contributed by atoms with Crippen LogP contribution in [0.5, 0.6) is 5.88 Å². The van der Waals surface area contributed by atoms with E-state index in [0.29, 0.717) is 0 Å². The van der Waals surface area contributed by atoms with Gasteiger partial charge in [0.25, 0.3) is 5.78 Å². The lowest BCUT2D eigenvalue weighted by Crippen LogP contribution is -2.23. The number of aromatic nitrogens is 1. The first kappa shape index (κ1) is 14.0. The summed E-state index contributed by atoms with van der Waals surface area (Å²) < 4.78 is 42.5. The molecule has 1 heterocycles. The fraction of sp³-hybridized carbons (Fsp3) is 0.143. The molecule has 2 aromatic rings. The van der Waals surface area contributed by atoms with Crippen molar-refractivity contribution in [2.24, 2.45) is 0 Å². The van der Waals surface area contributed by atoms with E-state index in [2.05, 4.69) is 4.98 Å². The van der Waals surface area contributed by atoms with Crippen molar-refractivity contribution in [3.8, 4) is 5.88 Å². The summed E-state index contributed by atoms with van der Waals surface area (Å²) in [6.45, 7) is 0.0377. The third-order valence-electron chi connectivity index (χ3n) is 2.49. The Kier molecular flexibility index (Phi) is 4.02. The molecule has 104 valence electrons. The van der Waals surface area contributed by atoms with Crippen molar-refractivity contribution in [1.29, 1.82) is 0 Å². The highest BCUT2D eigenvalue weighted by Gasteiger charge is 2.41. The van der Waals surface area contributed by atoms with Gasteiger partial charge in [-0.2, -0.15) is 13.2 Å². The van der Waals surface area contributed by atoms with Crippen LogP contribution in [0.4, 0.5) is 13.2 Å². The lowest BCUT2D eigenvalue weighted by molar-refractivity contribution is -0.0887. The highest BCUT2D eigenvalue weighted by molar-refractivity contribution is 6.02. The minimum atomic E-state index is -4.95. The van der Waals surface area contributed by atoms with Crippen LogP contribution in [-0.2, 0) is 6.61 Å². The maximum absolute atomic E-state index is 12.4. The second kappa shape index (κ2) is 5.73. The van der Waals surface area contributed by atoms with Crippen LogP contribution in [-0.4, -0.2) is 16.9 Å². The number of nitrogens with zero attached hydrogens (tertiary/aromatic N) is 1. The average Bonchev–Trinajstić information content (AvgIpc) is 2.45. The smallest absolute Gasteiger partial charge is 0.455 e. The van der Waals surface area contributed by atoms with E-state index in [4.69, 9.17) is 4.74 Å². The Labute approximate surface area is 113 Å². The molecule has 20 heavy (non-hydrogen) atoms. The maximum atomic E-state index is 12.4. The number of hydrogen-bond donors (Lipinski definition) is 0. The summed E-state index contributed by atoms with van der Waals surface area (Å²) in [5.74, 6) is -2.28. The second-order valence-corrected chi connectivity index (χ2v) is 3.96. The number of carbonyl (C=O) groups excluding carboxylic acids is 1. The minimum Gasteiger partial charge on any atom is -0.472 e. The molecule has 0 bridgehead atoms. The highest BCUT2D eigenvalue weighted by Crippen LogP contribution is 2.26. The number of ketones is 1. The highest BCUT2D eigenvalue weighted by atomic mass is 19.4. The van der Waals surface area contributed by atoms with Gasteiger partial charge in [-0.15, -0.1) is 0 Å². The number of alkyl halides is 3. The van der Waals surface area contributed by atoms with Crippen LogP contribution >= 0.6 is 0 Å². The zero-order valence-corrected chi connectivity index (χ0v) is 10.2. The predicted octanol–water partition coefficient (Wildman–Crippen LogP) is 3.41. The molecular weight excluding hydrogens is 271 g/mol. The SMILES string of the molecule is O=C(c1cccnc1OCc1ccccc1)C(F)(F)F. The van der Waals surface area contributed by atoms with E-state index in [1.807, 2.05) is 6.07 Å². The van der Waals surface area contributed by atoms with E-state index in [-0.39, 0.29) is 12.5 Å². The molecule has 0 fully saturated rings. The third-order valence-corrected chi connectivity index (χ3v) is 2.49. The van der Waals surface area contributed by atoms with Crippen LogP contribution in [0.15, 0.2) is 48.7 Å². The summed E-state index contributed by atoms with van der Waals surface area (Å²) in [7, 11) is 0. The number of benzene rings is 1. The molecule has 2 rings (SSSR count). The molecule has 3 nitrogen and oxygen atoms in total. The number of ether oxygens (including phenoxy) is 1. The summed E-state index contributed by atoms with van der Waals surface area (Å²) in [5, 5.41) is 0. The molecular formula is C14H10F3NO2. The predicted molar refractivity (Wildman–Crippen MR) is 65.4 cm³/mol. The molecule has 0 atom stereocenters. The molecule has 0 radical (unpaired) electrons. The molecule has 0 saturated carbocycles. The number of hydrogen-bond acceptors (Lipinski definition) is 3. The standard InChI is InChI=1S/C14H10F3NO2/c15-14(16,17)12(19)11-7-4-8-18-13(11)20-9-10-5-2-1-3-6-10/h1-8H,9H2. The molecule has 0 spiro atoms. The van der Waals surface area contributed by atoms with Crippen molar-refractivity contribution in [3.63, 3.8) is 0 Å². The van der Waals surface area contributed by atoms with Gasteiger partial charge in [-0.3, -0.25) is 4.79 Å². The van der Waals surface area contributed by atoms with E-state index < -0.39 is 17.5 Å². The Morgan fingerprint density at radius 1 is 1.10 bits per heavy atom. The van der Waals surface area contributed by atoms with Crippen LogP contribution in [0, 0.1) is 0 Å². The Bertz CT molecular complexity index is 597. The summed E-state index contributed by atoms with van der Waals surface area (Å²) >= 11 is 0. The summed E-state index contributed by atoms with van der Waals surface area (Å²) in [6.07, 6.45) is -3.68. The van der Waals surface area contributed by atoms with Crippen molar-refractivity contribution in [2.45, 2.75) is 12.8 Å². The summed E-state index contributed by atoms with van der Waals surface area (Å²) in [4.78, 5) is 14.9. The van der Waals surface area contributed by atoms with E-state index in [0.717, 1.165) is 11.6 Å². The van der Waals surface area contributed by atoms with Gasteiger partial charge in [0, 0.05) is 6.20 Å². The second-order valence-electron chi connectivity index (χ2n) is 3.96. The first-order valence-corrected chi connectivity index (χ1v) is 5.72. The van der Waals surface area contributed by atoms with E-state index in [1.54, 1.807) is 24.3 Å². The van der Waals surface area contributed by atoms with Crippen molar-refractivity contribution in [3.05, 3.63) is 59.8 Å². The first-order valence-electron chi connectivity index (χ1n) is 5.72. The topological polar surface area (TPSA) is 39.2 Å². The van der Waals surface area contributed by atoms with Gasteiger partial charge in [-0.05, 0) is 17.7 Å². The third kappa shape index (κ3) is 3.34. The number of rotatable bonds is 4. The molecule has 1 aromatic heterocycles. The number of carbonyl (C=O) groups is 1. The normalized spacial score (nSPS) is 11.2. The van der Waals surface area contributed by atoms with Gasteiger partial charge in [0.05, 0.1) is 5.56 Å². The molecule has 0 unspecified atom stereocenters. The molecule has 0 aliphatic heterocycles. The van der Waals surface area contributed by atoms with E-state index >= 15 is 0 Å². The first-order chi connectivity index (χ1) is 9.48. The van der Waals surface area contributed by atoms with Crippen LogP contribution < -0.4 is 4.74 Å². The van der Waals surface area contributed by atoms with Crippen LogP contribution in [0.3, 0.4) is 0 Å². The zero-order valence-electron chi connectivity index (χ0n) is 10.2. The maximum Gasteiger partial charge on any atom is 0.455 e. The van der Waals surface area contributed by atoms with Crippen LogP contribution in [0.2, 0.25) is 0 Å². The molecule has 1 aromatic carbocycles. The van der Waals surface area contributed by atoms with E-state index in [1.165, 1.54) is 12.3 Å². The average molecular weight is 281 g/mol. The quantitative estimate of drug-likeness (QED) is 0.806. The largest absolute Gasteiger partial charge is 0.472 e. The van der Waals surface area contributed by atoms with Crippen LogP contribution in [0.25, 0.3) is 0 Å². The van der Waals surface area contributed by atoms with Gasteiger partial charge in [0.2, 0.25) is 5.88 Å². The Morgan fingerprint density at radius 3 is 2.45 bits per heavy atom. The number of Topliss-reactive ketones (excluding diaryl/α,β-unsaturated/α-hetero) is 1. The molecule has 0 N–H and O–H groups in total. The molecule has 6 heteroatoms. The Balaban J connectivity index is 2.19. The van der Waals surface area contributed by atoms with Gasteiger partial charge in [0.1, 0.15) is 6.61 Å². The van der Waals surface area contributed by atoms with Gasteiger partial charge in [-0.1, -0.05) is 30.3 Å². The molecule has 0 amide bonds. The summed E-state index contributed by atoms with van der Waals surface area (Å²) in [6, 6.07) is 11.2. The van der Waals surface area contributed by atoms with E-state index in [9.17, 15) is 18.0 Å². The van der Waals surface area contributed by atoms with Gasteiger partial charge >= 0.3 is 6.18 Å². The van der Waals surface area contributed by atoms with Crippen molar-refractivity contribution in [1.82, 2.24) is 4.98 Å². The molecule has 0 aliphatic rings. The van der Waals surface area contributed by atoms with Gasteiger partial charge in [0.15, 0.2) is 0 Å². The Morgan fingerprint density at radius 2 is 1.80 bits per heavy atom. The monoisotopic (exact) mass is 281 g/mol. The van der Waals surface area contributed by atoms with Crippen LogP contribution in [0.1, 0.15) is 15.9 Å². The summed E-state index contributed by atoms with van der Waals surface area (Å²) in [5.41, 5.74) is 0.180. The van der Waals surface area contributed by atoms with Gasteiger partial charge < -0.3 is 4.74 Å². The number of pyridine rings is 1. The van der Waals surface area contributed by atoms with Crippen molar-refractivity contribution < 1.29 is 22.7 Å². The van der Waals surface area contributed by atoms with Crippen molar-refractivity contribution >= 4 is 5.78 Å². The molecule has 0 saturated heterocycles.